The maximum Gasteiger partial charge on any atom is 0.334 e. The second kappa shape index (κ2) is 7.97. The first-order chi connectivity index (χ1) is 14.5. The maximum atomic E-state index is 13.3. The maximum absolute atomic E-state index is 13.3. The normalized spacial score (nSPS) is 25.3. The Kier molecular flexibility index (Phi) is 5.36. The van der Waals surface area contributed by atoms with E-state index < -0.39 is 35.1 Å². The lowest BCUT2D eigenvalue weighted by molar-refractivity contribution is -0.171. The molecule has 0 aromatic heterocycles. The van der Waals surface area contributed by atoms with Crippen molar-refractivity contribution in [3.8, 4) is 0 Å². The number of amides is 2. The number of rotatable bonds is 6. The summed E-state index contributed by atoms with van der Waals surface area (Å²) in [5, 5.41) is 1.81. The Morgan fingerprint density at radius 2 is 1.77 bits per heavy atom. The molecule has 0 saturated carbocycles. The monoisotopic (exact) mass is 423 g/mol. The van der Waals surface area contributed by atoms with Gasteiger partial charge < -0.3 is 15.0 Å². The molecule has 1 unspecified atom stereocenters. The van der Waals surface area contributed by atoms with Crippen molar-refractivity contribution in [2.24, 2.45) is 5.73 Å². The molecule has 7 nitrogen and oxygen atoms in total. The fourth-order valence-corrected chi connectivity index (χ4v) is 5.12. The molecule has 2 aliphatic rings. The van der Waals surface area contributed by atoms with Crippen LogP contribution in [0.3, 0.4) is 0 Å². The third-order valence-corrected chi connectivity index (χ3v) is 6.73. The highest BCUT2D eigenvalue weighted by Crippen LogP contribution is 2.44. The summed E-state index contributed by atoms with van der Waals surface area (Å²) in [6.07, 6.45) is -0.235. The third kappa shape index (κ3) is 3.28. The van der Waals surface area contributed by atoms with Gasteiger partial charge in [0.1, 0.15) is 5.37 Å². The van der Waals surface area contributed by atoms with Crippen LogP contribution in [0.1, 0.15) is 17.2 Å². The number of thioether (sulfide) groups is 1. The van der Waals surface area contributed by atoms with Gasteiger partial charge in [-0.1, -0.05) is 67.2 Å². The van der Waals surface area contributed by atoms with E-state index in [2.05, 4.69) is 11.9 Å². The highest BCUT2D eigenvalue weighted by Gasteiger charge is 2.64. The number of fused-ring (bicyclic) bond motifs is 1. The Morgan fingerprint density at radius 3 is 2.30 bits per heavy atom. The molecule has 2 aliphatic heterocycles. The number of esters is 1. The molecule has 4 rings (SSSR count). The minimum Gasteiger partial charge on any atom is -0.451 e. The Hall–Kier alpha value is -3.10. The van der Waals surface area contributed by atoms with Crippen molar-refractivity contribution in [1.29, 1.82) is 0 Å². The average Bonchev–Trinajstić information content (AvgIpc) is 2.78. The van der Waals surface area contributed by atoms with E-state index in [0.29, 0.717) is 17.7 Å². The molecule has 8 heteroatoms. The molecule has 30 heavy (non-hydrogen) atoms. The van der Waals surface area contributed by atoms with Crippen LogP contribution in [0.4, 0.5) is 0 Å². The van der Waals surface area contributed by atoms with Gasteiger partial charge in [0.25, 0.3) is 5.91 Å². The molecular weight excluding hydrogens is 402 g/mol. The number of β-lactam (4-membered cyclic amide) rings is 1. The van der Waals surface area contributed by atoms with Crippen molar-refractivity contribution < 1.29 is 19.1 Å². The number of carbonyl (C=O) groups is 3. The zero-order valence-corrected chi connectivity index (χ0v) is 16.9. The van der Waals surface area contributed by atoms with E-state index in [1.807, 2.05) is 60.7 Å². The summed E-state index contributed by atoms with van der Waals surface area (Å²) < 4.78 is 5.93. The molecule has 0 spiro atoms. The van der Waals surface area contributed by atoms with Crippen LogP contribution in [0.5, 0.6) is 0 Å². The summed E-state index contributed by atoms with van der Waals surface area (Å²) >= 11 is 1.36. The van der Waals surface area contributed by atoms with E-state index >= 15 is 0 Å². The Bertz CT molecular complexity index is 945. The highest BCUT2D eigenvalue weighted by molar-refractivity contribution is 8.00. The standard InChI is InChI=1S/C22H21N3O4S/c1-14-12-30-21-22(23,24-13-26)20(28)25(21)17(14)19(27)29-18(15-8-4-2-5-9-15)16-10-6-3-7-11-16/h2-11,13,17-18,21H,1,12,23H2,(H,24,26)/t17?,21-,22+/m1/s1. The van der Waals surface area contributed by atoms with Gasteiger partial charge in [-0.15, -0.1) is 11.8 Å². The first-order valence-corrected chi connectivity index (χ1v) is 10.4. The van der Waals surface area contributed by atoms with Gasteiger partial charge >= 0.3 is 5.97 Å². The predicted octanol–water partition coefficient (Wildman–Crippen LogP) is 1.56. The zero-order valence-electron chi connectivity index (χ0n) is 16.1. The molecule has 2 aromatic rings. The highest BCUT2D eigenvalue weighted by atomic mass is 32.2. The van der Waals surface area contributed by atoms with Crippen molar-refractivity contribution in [3.63, 3.8) is 0 Å². The zero-order chi connectivity index (χ0) is 21.3. The van der Waals surface area contributed by atoms with E-state index in [-0.39, 0.29) is 0 Å². The van der Waals surface area contributed by atoms with Gasteiger partial charge in [-0.05, 0) is 16.7 Å². The van der Waals surface area contributed by atoms with Crippen LogP contribution < -0.4 is 11.1 Å². The van der Waals surface area contributed by atoms with Gasteiger partial charge in [-0.2, -0.15) is 0 Å². The number of ether oxygens (including phenoxy) is 1. The van der Waals surface area contributed by atoms with Crippen molar-refractivity contribution in [3.05, 3.63) is 83.9 Å². The van der Waals surface area contributed by atoms with Gasteiger partial charge in [0.2, 0.25) is 6.41 Å². The van der Waals surface area contributed by atoms with Crippen molar-refractivity contribution in [2.45, 2.75) is 23.2 Å². The van der Waals surface area contributed by atoms with Gasteiger partial charge in [0, 0.05) is 5.75 Å². The van der Waals surface area contributed by atoms with Gasteiger partial charge in [0.15, 0.2) is 17.8 Å². The summed E-state index contributed by atoms with van der Waals surface area (Å²) in [4.78, 5) is 38.2. The predicted molar refractivity (Wildman–Crippen MR) is 113 cm³/mol. The Balaban J connectivity index is 1.62. The quantitative estimate of drug-likeness (QED) is 0.240. The van der Waals surface area contributed by atoms with Crippen LogP contribution in [0.25, 0.3) is 0 Å². The van der Waals surface area contributed by atoms with Crippen LogP contribution >= 0.6 is 11.8 Å². The first kappa shape index (κ1) is 20.2. The van der Waals surface area contributed by atoms with E-state index in [0.717, 1.165) is 11.1 Å². The van der Waals surface area contributed by atoms with Crippen LogP contribution in [-0.4, -0.2) is 46.0 Å². The molecule has 3 N–H and O–H groups in total. The molecule has 2 heterocycles. The third-order valence-electron chi connectivity index (χ3n) is 5.28. The van der Waals surface area contributed by atoms with E-state index in [1.165, 1.54) is 16.7 Å². The number of hydrogen-bond donors (Lipinski definition) is 2. The molecule has 0 radical (unpaired) electrons. The van der Waals surface area contributed by atoms with E-state index in [9.17, 15) is 14.4 Å². The smallest absolute Gasteiger partial charge is 0.334 e. The largest absolute Gasteiger partial charge is 0.451 e. The van der Waals surface area contributed by atoms with Crippen molar-refractivity contribution in [1.82, 2.24) is 10.2 Å². The summed E-state index contributed by atoms with van der Waals surface area (Å²) in [6.45, 7) is 3.97. The summed E-state index contributed by atoms with van der Waals surface area (Å²) in [6, 6.07) is 17.8. The molecule has 2 saturated heterocycles. The first-order valence-electron chi connectivity index (χ1n) is 9.40. The SMILES string of the molecule is C=C1CS[C@H]2N(C(=O)[C@]2(N)NC=O)C1C(=O)OC(c1ccccc1)c1ccccc1. The molecule has 2 aromatic carbocycles. The molecular formula is C22H21N3O4S. The van der Waals surface area contributed by atoms with Crippen LogP contribution in [0.15, 0.2) is 72.8 Å². The summed E-state index contributed by atoms with van der Waals surface area (Å²) in [5.41, 5.74) is 6.73. The number of nitrogens with one attached hydrogen (secondary N) is 1. The number of nitrogens with zero attached hydrogens (tertiary/aromatic N) is 1. The van der Waals surface area contributed by atoms with Crippen LogP contribution in [0.2, 0.25) is 0 Å². The number of hydrogen-bond acceptors (Lipinski definition) is 6. The molecule has 2 fully saturated rings. The van der Waals surface area contributed by atoms with Crippen molar-refractivity contribution >= 4 is 30.0 Å². The second-order valence-electron chi connectivity index (χ2n) is 7.21. The minimum atomic E-state index is -1.52. The fourth-order valence-electron chi connectivity index (χ4n) is 3.78. The number of carbonyl (C=O) groups excluding carboxylic acids is 3. The molecule has 154 valence electrons. The topological polar surface area (TPSA) is 102 Å². The van der Waals surface area contributed by atoms with Gasteiger partial charge in [0.05, 0.1) is 0 Å². The second-order valence-corrected chi connectivity index (χ2v) is 8.27. The molecule has 0 bridgehead atoms. The fraction of sp³-hybridized carbons (Fsp3) is 0.227. The number of benzene rings is 2. The van der Waals surface area contributed by atoms with Crippen LogP contribution in [-0.2, 0) is 19.1 Å². The van der Waals surface area contributed by atoms with Gasteiger partial charge in [-0.25, -0.2) is 4.79 Å². The lowest BCUT2D eigenvalue weighted by Crippen LogP contribution is -2.86. The van der Waals surface area contributed by atoms with Crippen LogP contribution in [0, 0.1) is 0 Å². The average molecular weight is 423 g/mol. The lowest BCUT2D eigenvalue weighted by Gasteiger charge is -2.57. The Labute approximate surface area is 178 Å². The molecule has 2 amide bonds. The van der Waals surface area contributed by atoms with Gasteiger partial charge in [-0.3, -0.25) is 15.3 Å². The minimum absolute atomic E-state index is 0.396. The summed E-state index contributed by atoms with van der Waals surface area (Å²) in [5.74, 6) is -0.690. The Morgan fingerprint density at radius 1 is 1.20 bits per heavy atom. The molecule has 0 aliphatic carbocycles. The van der Waals surface area contributed by atoms with E-state index in [4.69, 9.17) is 10.5 Å². The lowest BCUT2D eigenvalue weighted by atomic mass is 9.93. The molecule has 3 atom stereocenters. The summed E-state index contributed by atoms with van der Waals surface area (Å²) in [7, 11) is 0. The number of nitrogens with two attached hydrogens (primary N) is 1. The van der Waals surface area contributed by atoms with E-state index in [1.54, 1.807) is 0 Å². The van der Waals surface area contributed by atoms with Crippen molar-refractivity contribution in [2.75, 3.05) is 5.75 Å².